The number of aryl methyl sites for hydroxylation is 2. The van der Waals surface area contributed by atoms with E-state index in [1.165, 1.54) is 4.90 Å². The Morgan fingerprint density at radius 3 is 2.11 bits per heavy atom. The van der Waals surface area contributed by atoms with Crippen LogP contribution in [0.5, 0.6) is 0 Å². The van der Waals surface area contributed by atoms with Gasteiger partial charge in [-0.3, -0.25) is 9.59 Å². The molecule has 0 radical (unpaired) electrons. The topological polar surface area (TPSA) is 87.7 Å². The van der Waals surface area contributed by atoms with Crippen molar-refractivity contribution in [1.82, 2.24) is 15.5 Å². The molecule has 0 saturated heterocycles. The molecule has 0 fully saturated rings. The number of alkyl carbamates (subject to hydrolysis) is 1. The van der Waals surface area contributed by atoms with Crippen LogP contribution in [0.1, 0.15) is 69.3 Å². The molecular formula is C29H41N3O4. The van der Waals surface area contributed by atoms with Gasteiger partial charge < -0.3 is 20.3 Å². The summed E-state index contributed by atoms with van der Waals surface area (Å²) in [5.74, 6) is -0.811. The van der Waals surface area contributed by atoms with E-state index in [0.29, 0.717) is 18.5 Å². The Balaban J connectivity index is 2.37. The summed E-state index contributed by atoms with van der Waals surface area (Å²) in [5.41, 5.74) is 2.98. The maximum atomic E-state index is 13.8. The first-order chi connectivity index (χ1) is 16.8. The number of carbonyl (C=O) groups is 3. The first kappa shape index (κ1) is 28.9. The van der Waals surface area contributed by atoms with Crippen LogP contribution in [0.15, 0.2) is 48.5 Å². The van der Waals surface area contributed by atoms with Gasteiger partial charge in [0.15, 0.2) is 0 Å². The average molecular weight is 496 g/mol. The Bertz CT molecular complexity index is 1030. The summed E-state index contributed by atoms with van der Waals surface area (Å²) in [4.78, 5) is 41.3. The van der Waals surface area contributed by atoms with Gasteiger partial charge in [-0.1, -0.05) is 79.9 Å². The number of benzene rings is 2. The minimum Gasteiger partial charge on any atom is -0.444 e. The molecule has 3 unspecified atom stereocenters. The number of hydrogen-bond donors (Lipinski definition) is 2. The second kappa shape index (κ2) is 12.6. The molecule has 2 aromatic rings. The number of nitrogens with zero attached hydrogens (tertiary/aromatic N) is 1. The Hall–Kier alpha value is -3.35. The molecule has 3 amide bonds. The van der Waals surface area contributed by atoms with E-state index in [-0.39, 0.29) is 17.7 Å². The molecule has 0 bridgehead atoms. The predicted molar refractivity (Wildman–Crippen MR) is 142 cm³/mol. The third kappa shape index (κ3) is 8.40. The summed E-state index contributed by atoms with van der Waals surface area (Å²) in [6.45, 7) is 13.4. The van der Waals surface area contributed by atoms with Gasteiger partial charge in [-0.15, -0.1) is 0 Å². The van der Waals surface area contributed by atoms with E-state index < -0.39 is 23.8 Å². The Morgan fingerprint density at radius 2 is 1.58 bits per heavy atom. The van der Waals surface area contributed by atoms with E-state index in [0.717, 1.165) is 16.7 Å². The van der Waals surface area contributed by atoms with Gasteiger partial charge >= 0.3 is 6.09 Å². The van der Waals surface area contributed by atoms with Gasteiger partial charge in [0.25, 0.3) is 0 Å². The van der Waals surface area contributed by atoms with Gasteiger partial charge in [0.2, 0.25) is 11.8 Å². The lowest BCUT2D eigenvalue weighted by atomic mass is 9.95. The zero-order chi connectivity index (χ0) is 27.0. The van der Waals surface area contributed by atoms with Crippen molar-refractivity contribution in [2.45, 2.75) is 79.1 Å². The van der Waals surface area contributed by atoms with E-state index in [1.54, 1.807) is 27.8 Å². The quantitative estimate of drug-likeness (QED) is 0.509. The Morgan fingerprint density at radius 1 is 1.00 bits per heavy atom. The number of hydrogen-bond acceptors (Lipinski definition) is 4. The summed E-state index contributed by atoms with van der Waals surface area (Å²) in [6.07, 6.45) is 0.0000945. The second-order valence-corrected chi connectivity index (χ2v) is 10.5. The molecule has 0 heterocycles. The van der Waals surface area contributed by atoms with Gasteiger partial charge in [-0.05, 0) is 51.7 Å². The number of rotatable bonds is 9. The summed E-state index contributed by atoms with van der Waals surface area (Å²) in [6, 6.07) is 13.8. The first-order valence-electron chi connectivity index (χ1n) is 12.5. The largest absolute Gasteiger partial charge is 0.444 e. The zero-order valence-corrected chi connectivity index (χ0v) is 22.8. The van der Waals surface area contributed by atoms with Crippen molar-refractivity contribution in [3.05, 3.63) is 70.8 Å². The molecule has 7 nitrogen and oxygen atoms in total. The van der Waals surface area contributed by atoms with E-state index in [9.17, 15) is 14.4 Å². The highest BCUT2D eigenvalue weighted by Gasteiger charge is 2.36. The zero-order valence-electron chi connectivity index (χ0n) is 22.8. The van der Waals surface area contributed by atoms with Crippen LogP contribution < -0.4 is 10.6 Å². The lowest BCUT2D eigenvalue weighted by Crippen LogP contribution is -2.54. The first-order valence-corrected chi connectivity index (χ1v) is 12.5. The van der Waals surface area contributed by atoms with Crippen LogP contribution >= 0.6 is 0 Å². The van der Waals surface area contributed by atoms with Crippen LogP contribution in [0.25, 0.3) is 0 Å². The predicted octanol–water partition coefficient (Wildman–Crippen LogP) is 5.06. The minimum absolute atomic E-state index is 0.167. The number of carbonyl (C=O) groups excluding carboxylic acids is 3. The van der Waals surface area contributed by atoms with Crippen molar-refractivity contribution < 1.29 is 19.1 Å². The fraction of sp³-hybridized carbons (Fsp3) is 0.483. The highest BCUT2D eigenvalue weighted by molar-refractivity contribution is 5.92. The van der Waals surface area contributed by atoms with Crippen LogP contribution in [-0.2, 0) is 20.9 Å². The molecule has 0 aliphatic rings. The van der Waals surface area contributed by atoms with Crippen LogP contribution in [0.3, 0.4) is 0 Å². The minimum atomic E-state index is -0.869. The molecule has 2 N–H and O–H groups in total. The van der Waals surface area contributed by atoms with Crippen molar-refractivity contribution in [3.8, 4) is 0 Å². The molecule has 0 aliphatic carbocycles. The van der Waals surface area contributed by atoms with E-state index in [1.807, 2.05) is 76.2 Å². The van der Waals surface area contributed by atoms with Gasteiger partial charge in [0.05, 0.1) is 0 Å². The number of nitrogens with one attached hydrogen (secondary N) is 2. The van der Waals surface area contributed by atoms with Crippen molar-refractivity contribution in [1.29, 1.82) is 0 Å². The molecule has 0 saturated carbocycles. The lowest BCUT2D eigenvalue weighted by Gasteiger charge is -2.33. The summed E-state index contributed by atoms with van der Waals surface area (Å²) in [5, 5.41) is 5.73. The third-order valence-electron chi connectivity index (χ3n) is 6.00. The molecule has 2 aromatic carbocycles. The number of ether oxygens (including phenoxy) is 1. The SMILES string of the molecule is CCC(C)C(NC(=O)OC(C)(C)C)C(=O)N(C)C(C(=O)NCc1ccccc1)c1cc(C)cc(C)c1. The summed E-state index contributed by atoms with van der Waals surface area (Å²) >= 11 is 0. The Labute approximate surface area is 215 Å². The fourth-order valence-corrected chi connectivity index (χ4v) is 4.06. The van der Waals surface area contributed by atoms with Gasteiger partial charge in [0.1, 0.15) is 17.7 Å². The fourth-order valence-electron chi connectivity index (χ4n) is 4.06. The van der Waals surface area contributed by atoms with E-state index >= 15 is 0 Å². The molecule has 0 aliphatic heterocycles. The third-order valence-corrected chi connectivity index (χ3v) is 6.00. The molecule has 0 aromatic heterocycles. The maximum Gasteiger partial charge on any atom is 0.408 e. The van der Waals surface area contributed by atoms with Crippen molar-refractivity contribution in [2.24, 2.45) is 5.92 Å². The Kier molecular flexibility index (Phi) is 10.1. The van der Waals surface area contributed by atoms with Crippen LogP contribution in [0, 0.1) is 19.8 Å². The standard InChI is InChI=1S/C29H41N3O4/c1-9-21(4)24(31-28(35)36-29(5,6)7)27(34)32(8)25(23-16-19(2)15-20(3)17-23)26(33)30-18-22-13-11-10-12-14-22/h10-17,21,24-25H,9,18H2,1-8H3,(H,30,33)(H,31,35). The highest BCUT2D eigenvalue weighted by atomic mass is 16.6. The number of likely N-dealkylation sites (N-methyl/N-ethyl adjacent to an activating group) is 1. The summed E-state index contributed by atoms with van der Waals surface area (Å²) < 4.78 is 5.40. The lowest BCUT2D eigenvalue weighted by molar-refractivity contribution is -0.141. The molecule has 36 heavy (non-hydrogen) atoms. The monoisotopic (exact) mass is 495 g/mol. The van der Waals surface area contributed by atoms with Crippen LogP contribution in [0.4, 0.5) is 4.79 Å². The second-order valence-electron chi connectivity index (χ2n) is 10.5. The number of amides is 3. The molecule has 0 spiro atoms. The normalized spacial score (nSPS) is 13.8. The van der Waals surface area contributed by atoms with Crippen LogP contribution in [0.2, 0.25) is 0 Å². The molecule has 7 heteroatoms. The highest BCUT2D eigenvalue weighted by Crippen LogP contribution is 2.25. The van der Waals surface area contributed by atoms with Crippen LogP contribution in [-0.4, -0.2) is 41.5 Å². The summed E-state index contributed by atoms with van der Waals surface area (Å²) in [7, 11) is 1.61. The molecule has 196 valence electrons. The average Bonchev–Trinajstić information content (AvgIpc) is 2.79. The van der Waals surface area contributed by atoms with Gasteiger partial charge in [-0.25, -0.2) is 4.79 Å². The van der Waals surface area contributed by atoms with Gasteiger partial charge in [-0.2, -0.15) is 0 Å². The van der Waals surface area contributed by atoms with E-state index in [2.05, 4.69) is 10.6 Å². The van der Waals surface area contributed by atoms with E-state index in [4.69, 9.17) is 4.74 Å². The molecular weight excluding hydrogens is 454 g/mol. The van der Waals surface area contributed by atoms with Crippen molar-refractivity contribution >= 4 is 17.9 Å². The van der Waals surface area contributed by atoms with Gasteiger partial charge in [0, 0.05) is 13.6 Å². The van der Waals surface area contributed by atoms with Crippen molar-refractivity contribution in [3.63, 3.8) is 0 Å². The van der Waals surface area contributed by atoms with Crippen molar-refractivity contribution in [2.75, 3.05) is 7.05 Å². The smallest absolute Gasteiger partial charge is 0.408 e. The molecule has 2 rings (SSSR count). The maximum absolute atomic E-state index is 13.8. The molecule has 3 atom stereocenters.